The quantitative estimate of drug-likeness (QED) is 0.906. The van der Waals surface area contributed by atoms with Crippen LogP contribution in [0, 0.1) is 0 Å². The average Bonchev–Trinajstić information content (AvgIpc) is 3.26. The molecule has 0 aliphatic carbocycles. The second kappa shape index (κ2) is 6.66. The summed E-state index contributed by atoms with van der Waals surface area (Å²) in [7, 11) is 0. The van der Waals surface area contributed by atoms with Crippen LogP contribution in [0.3, 0.4) is 0 Å². The van der Waals surface area contributed by atoms with Crippen molar-refractivity contribution in [2.24, 2.45) is 5.73 Å². The van der Waals surface area contributed by atoms with Gasteiger partial charge in [0.15, 0.2) is 0 Å². The summed E-state index contributed by atoms with van der Waals surface area (Å²) in [4.78, 5) is 26.2. The topological polar surface area (TPSA) is 88.6 Å². The third-order valence-electron chi connectivity index (χ3n) is 3.90. The van der Waals surface area contributed by atoms with Crippen LogP contribution in [0.1, 0.15) is 39.3 Å². The first-order valence-electron chi connectivity index (χ1n) is 7.65. The molecular formula is C17H19N3O3. The van der Waals surface area contributed by atoms with Gasteiger partial charge in [0.05, 0.1) is 12.1 Å². The van der Waals surface area contributed by atoms with Gasteiger partial charge in [-0.05, 0) is 43.2 Å². The van der Waals surface area contributed by atoms with Gasteiger partial charge < -0.3 is 20.4 Å². The fourth-order valence-electron chi connectivity index (χ4n) is 2.61. The summed E-state index contributed by atoms with van der Waals surface area (Å²) < 4.78 is 5.14. The van der Waals surface area contributed by atoms with Crippen LogP contribution in [-0.2, 0) is 6.54 Å². The number of furan rings is 1. The molecule has 1 fully saturated rings. The maximum Gasteiger partial charge on any atom is 0.258 e. The van der Waals surface area contributed by atoms with E-state index in [1.165, 1.54) is 6.26 Å². The number of nitrogens with two attached hydrogens (primary N) is 1. The van der Waals surface area contributed by atoms with E-state index in [1.807, 2.05) is 4.90 Å². The molecule has 0 radical (unpaired) electrons. The van der Waals surface area contributed by atoms with Crippen LogP contribution >= 0.6 is 0 Å². The predicted octanol–water partition coefficient (Wildman–Crippen LogP) is 2.23. The molecule has 2 heterocycles. The number of nitrogens with zero attached hydrogens (tertiary/aromatic N) is 1. The van der Waals surface area contributed by atoms with Gasteiger partial charge in [0.25, 0.3) is 11.8 Å². The van der Waals surface area contributed by atoms with Crippen LogP contribution in [0.2, 0.25) is 0 Å². The summed E-state index contributed by atoms with van der Waals surface area (Å²) in [5.41, 5.74) is 7.14. The van der Waals surface area contributed by atoms with Crippen LogP contribution < -0.4 is 11.1 Å². The number of likely N-dealkylation sites (tertiary alicyclic amines) is 1. The minimum Gasteiger partial charge on any atom is -0.467 e. The van der Waals surface area contributed by atoms with Crippen molar-refractivity contribution in [3.63, 3.8) is 0 Å². The van der Waals surface area contributed by atoms with E-state index in [1.54, 1.807) is 30.3 Å². The smallest absolute Gasteiger partial charge is 0.258 e. The molecule has 3 N–H and O–H groups in total. The summed E-state index contributed by atoms with van der Waals surface area (Å²) in [6.07, 6.45) is 3.51. The van der Waals surface area contributed by atoms with Crippen molar-refractivity contribution in [3.05, 3.63) is 53.5 Å². The molecule has 0 bridgehead atoms. The Labute approximate surface area is 134 Å². The van der Waals surface area contributed by atoms with Crippen LogP contribution in [0.25, 0.3) is 0 Å². The molecule has 6 heteroatoms. The van der Waals surface area contributed by atoms with E-state index in [4.69, 9.17) is 10.2 Å². The minimum atomic E-state index is -0.271. The molecule has 0 spiro atoms. The third kappa shape index (κ3) is 3.43. The Kier molecular flexibility index (Phi) is 4.43. The van der Waals surface area contributed by atoms with Crippen molar-refractivity contribution in [2.75, 3.05) is 18.4 Å². The number of hydrogen-bond donors (Lipinski definition) is 2. The molecule has 2 amide bonds. The molecule has 1 aliphatic heterocycles. The summed E-state index contributed by atoms with van der Waals surface area (Å²) in [5, 5.41) is 2.77. The number of nitrogens with one attached hydrogen (secondary N) is 1. The van der Waals surface area contributed by atoms with E-state index in [0.717, 1.165) is 25.9 Å². The maximum atomic E-state index is 12.3. The summed E-state index contributed by atoms with van der Waals surface area (Å²) in [6, 6.07) is 8.53. The fraction of sp³-hybridized carbons (Fsp3) is 0.294. The highest BCUT2D eigenvalue weighted by molar-refractivity contribution is 6.04. The molecule has 1 aromatic carbocycles. The van der Waals surface area contributed by atoms with Crippen molar-refractivity contribution < 1.29 is 14.0 Å². The summed E-state index contributed by atoms with van der Waals surface area (Å²) >= 11 is 0. The number of carbonyl (C=O) groups excluding carboxylic acids is 2. The standard InChI is InChI=1S/C17H19N3O3/c18-10-15-9-13(11-23-15)16(21)19-14-5-3-12(4-6-14)17(22)20-7-1-2-8-20/h3-6,9,11H,1-2,7-8,10,18H2,(H,19,21). The van der Waals surface area contributed by atoms with Gasteiger partial charge in [-0.1, -0.05) is 0 Å². The maximum absolute atomic E-state index is 12.3. The van der Waals surface area contributed by atoms with E-state index >= 15 is 0 Å². The monoisotopic (exact) mass is 313 g/mol. The predicted molar refractivity (Wildman–Crippen MR) is 86.1 cm³/mol. The zero-order valence-electron chi connectivity index (χ0n) is 12.7. The molecule has 1 saturated heterocycles. The molecule has 0 atom stereocenters. The summed E-state index contributed by atoms with van der Waals surface area (Å²) in [5.74, 6) is 0.330. The highest BCUT2D eigenvalue weighted by Crippen LogP contribution is 2.16. The van der Waals surface area contributed by atoms with Gasteiger partial charge in [-0.25, -0.2) is 0 Å². The minimum absolute atomic E-state index is 0.0443. The fourth-order valence-corrected chi connectivity index (χ4v) is 2.61. The molecule has 3 rings (SSSR count). The first-order chi connectivity index (χ1) is 11.2. The first-order valence-corrected chi connectivity index (χ1v) is 7.65. The molecule has 0 saturated carbocycles. The number of hydrogen-bond acceptors (Lipinski definition) is 4. The van der Waals surface area contributed by atoms with Gasteiger partial charge in [-0.15, -0.1) is 0 Å². The van der Waals surface area contributed by atoms with Crippen molar-refractivity contribution in [3.8, 4) is 0 Å². The van der Waals surface area contributed by atoms with Crippen molar-refractivity contribution in [2.45, 2.75) is 19.4 Å². The summed E-state index contributed by atoms with van der Waals surface area (Å²) in [6.45, 7) is 1.89. The number of rotatable bonds is 4. The average molecular weight is 313 g/mol. The van der Waals surface area contributed by atoms with Gasteiger partial charge in [-0.2, -0.15) is 0 Å². The largest absolute Gasteiger partial charge is 0.467 e. The van der Waals surface area contributed by atoms with Crippen molar-refractivity contribution in [1.29, 1.82) is 0 Å². The van der Waals surface area contributed by atoms with Gasteiger partial charge in [0.2, 0.25) is 0 Å². The Bertz CT molecular complexity index is 700. The highest BCUT2D eigenvalue weighted by atomic mass is 16.3. The van der Waals surface area contributed by atoms with Gasteiger partial charge in [-0.3, -0.25) is 9.59 Å². The van der Waals surface area contributed by atoms with Crippen LogP contribution in [0.5, 0.6) is 0 Å². The van der Waals surface area contributed by atoms with E-state index in [9.17, 15) is 9.59 Å². The zero-order valence-corrected chi connectivity index (χ0v) is 12.7. The van der Waals surface area contributed by atoms with E-state index in [2.05, 4.69) is 5.32 Å². The SMILES string of the molecule is NCc1cc(C(=O)Nc2ccc(C(=O)N3CCCC3)cc2)co1. The van der Waals surface area contributed by atoms with Crippen LogP contribution in [0.4, 0.5) is 5.69 Å². The van der Waals surface area contributed by atoms with Gasteiger partial charge in [0, 0.05) is 24.3 Å². The molecule has 1 aliphatic rings. The molecular weight excluding hydrogens is 294 g/mol. The Morgan fingerprint density at radius 3 is 2.43 bits per heavy atom. The molecule has 6 nitrogen and oxygen atoms in total. The molecule has 0 unspecified atom stereocenters. The zero-order chi connectivity index (χ0) is 16.2. The number of carbonyl (C=O) groups is 2. The Morgan fingerprint density at radius 1 is 1.13 bits per heavy atom. The van der Waals surface area contributed by atoms with Gasteiger partial charge in [0.1, 0.15) is 12.0 Å². The lowest BCUT2D eigenvalue weighted by Crippen LogP contribution is -2.27. The Hall–Kier alpha value is -2.60. The molecule has 23 heavy (non-hydrogen) atoms. The molecule has 2 aromatic rings. The van der Waals surface area contributed by atoms with Crippen molar-refractivity contribution >= 4 is 17.5 Å². The highest BCUT2D eigenvalue weighted by Gasteiger charge is 2.19. The number of anilines is 1. The lowest BCUT2D eigenvalue weighted by Gasteiger charge is -2.15. The van der Waals surface area contributed by atoms with Crippen molar-refractivity contribution in [1.82, 2.24) is 4.90 Å². The van der Waals surface area contributed by atoms with Crippen LogP contribution in [-0.4, -0.2) is 29.8 Å². The second-order valence-corrected chi connectivity index (χ2v) is 5.54. The van der Waals surface area contributed by atoms with Gasteiger partial charge >= 0.3 is 0 Å². The number of amides is 2. The first kappa shape index (κ1) is 15.3. The second-order valence-electron chi connectivity index (χ2n) is 5.54. The van der Waals surface area contributed by atoms with E-state index in [0.29, 0.717) is 22.6 Å². The lowest BCUT2D eigenvalue weighted by atomic mass is 10.1. The van der Waals surface area contributed by atoms with E-state index in [-0.39, 0.29) is 18.4 Å². The molecule has 120 valence electrons. The third-order valence-corrected chi connectivity index (χ3v) is 3.90. The normalized spacial score (nSPS) is 14.0. The number of benzene rings is 1. The molecule has 1 aromatic heterocycles. The van der Waals surface area contributed by atoms with Crippen LogP contribution in [0.15, 0.2) is 41.0 Å². The lowest BCUT2D eigenvalue weighted by molar-refractivity contribution is 0.0792. The Balaban J connectivity index is 1.65. The Morgan fingerprint density at radius 2 is 1.83 bits per heavy atom. The van der Waals surface area contributed by atoms with E-state index < -0.39 is 0 Å².